The number of carbonyl (C=O) groups excluding carboxylic acids is 3. The highest BCUT2D eigenvalue weighted by atomic mass is 79.9. The summed E-state index contributed by atoms with van der Waals surface area (Å²) in [6, 6.07) is 9.92. The highest BCUT2D eigenvalue weighted by molar-refractivity contribution is 9.10. The third kappa shape index (κ3) is 4.77. The number of nitrogens with one attached hydrogen (secondary N) is 1. The van der Waals surface area contributed by atoms with Crippen LogP contribution in [-0.4, -0.2) is 24.5 Å². The Balaban J connectivity index is 2.02. The Morgan fingerprint density at radius 1 is 1.13 bits per heavy atom. The number of allylic oxidation sites excluding steroid dienone is 1. The predicted molar refractivity (Wildman–Crippen MR) is 124 cm³/mol. The average molecular weight is 483 g/mol. The molecular formula is C24H23BrN2O4. The number of amides is 4. The number of urea groups is 1. The van der Waals surface area contributed by atoms with Crippen molar-refractivity contribution in [3.8, 4) is 5.75 Å². The predicted octanol–water partition coefficient (Wildman–Crippen LogP) is 4.81. The van der Waals surface area contributed by atoms with Gasteiger partial charge in [-0.2, -0.15) is 0 Å². The number of rotatable bonds is 7. The Labute approximate surface area is 189 Å². The average Bonchev–Trinajstić information content (AvgIpc) is 2.74. The minimum atomic E-state index is -0.767. The highest BCUT2D eigenvalue weighted by Crippen LogP contribution is 2.33. The van der Waals surface area contributed by atoms with Gasteiger partial charge in [-0.25, -0.2) is 9.69 Å². The van der Waals surface area contributed by atoms with Crippen molar-refractivity contribution in [3.63, 3.8) is 0 Å². The highest BCUT2D eigenvalue weighted by Gasteiger charge is 2.36. The van der Waals surface area contributed by atoms with Crippen LogP contribution >= 0.6 is 15.9 Å². The number of halogens is 1. The zero-order valence-corrected chi connectivity index (χ0v) is 19.0. The fraction of sp³-hybridized carbons (Fsp3) is 0.208. The lowest BCUT2D eigenvalue weighted by Gasteiger charge is -2.26. The van der Waals surface area contributed by atoms with Gasteiger partial charge in [-0.1, -0.05) is 25.1 Å². The van der Waals surface area contributed by atoms with Crippen molar-refractivity contribution in [1.29, 1.82) is 0 Å². The third-order valence-electron chi connectivity index (χ3n) is 4.81. The molecule has 1 fully saturated rings. The van der Waals surface area contributed by atoms with Crippen LogP contribution in [0.3, 0.4) is 0 Å². The van der Waals surface area contributed by atoms with Crippen molar-refractivity contribution in [2.24, 2.45) is 0 Å². The van der Waals surface area contributed by atoms with Crippen LogP contribution in [0.15, 0.2) is 59.1 Å². The van der Waals surface area contributed by atoms with Crippen LogP contribution in [-0.2, 0) is 22.4 Å². The van der Waals surface area contributed by atoms with E-state index in [2.05, 4.69) is 27.8 Å². The molecule has 3 rings (SSSR count). The molecule has 0 saturated carbocycles. The molecule has 1 saturated heterocycles. The second-order valence-corrected chi connectivity index (χ2v) is 7.75. The lowest BCUT2D eigenvalue weighted by atomic mass is 10.0. The molecule has 0 radical (unpaired) electrons. The van der Waals surface area contributed by atoms with E-state index < -0.39 is 17.8 Å². The number of barbiturate groups is 1. The van der Waals surface area contributed by atoms with Gasteiger partial charge in [0.1, 0.15) is 11.3 Å². The summed E-state index contributed by atoms with van der Waals surface area (Å²) in [5.74, 6) is -0.711. The summed E-state index contributed by atoms with van der Waals surface area (Å²) in [7, 11) is 0. The van der Waals surface area contributed by atoms with Crippen LogP contribution in [0.25, 0.3) is 6.08 Å². The molecule has 0 aromatic heterocycles. The minimum Gasteiger partial charge on any atom is -0.492 e. The maximum absolute atomic E-state index is 13.1. The van der Waals surface area contributed by atoms with Crippen LogP contribution in [0.5, 0.6) is 5.75 Å². The molecule has 6 nitrogen and oxygen atoms in total. The van der Waals surface area contributed by atoms with Gasteiger partial charge in [-0.05, 0) is 82.7 Å². The fourth-order valence-corrected chi connectivity index (χ4v) is 3.94. The van der Waals surface area contributed by atoms with E-state index in [-0.39, 0.29) is 5.57 Å². The summed E-state index contributed by atoms with van der Waals surface area (Å²) in [5, 5.41) is 2.25. The molecule has 0 bridgehead atoms. The molecule has 1 aliphatic rings. The monoisotopic (exact) mass is 482 g/mol. The Bertz CT molecular complexity index is 1070. The molecule has 1 aliphatic heterocycles. The first-order valence-electron chi connectivity index (χ1n) is 9.96. The maximum Gasteiger partial charge on any atom is 0.335 e. The van der Waals surface area contributed by atoms with Gasteiger partial charge >= 0.3 is 6.03 Å². The zero-order valence-electron chi connectivity index (χ0n) is 17.4. The van der Waals surface area contributed by atoms with Gasteiger partial charge in [-0.15, -0.1) is 6.58 Å². The molecule has 2 aromatic carbocycles. The SMILES string of the molecule is C=CCc1cc(/C=C2/C(=O)NC(=O)N(c3ccc(CC)cc3)C2=O)cc(Br)c1OCC. The number of anilines is 1. The molecule has 4 amide bonds. The van der Waals surface area contributed by atoms with Crippen molar-refractivity contribution in [3.05, 3.63) is 75.8 Å². The molecule has 1 heterocycles. The quantitative estimate of drug-likeness (QED) is 0.349. The summed E-state index contributed by atoms with van der Waals surface area (Å²) in [6.07, 6.45) is 4.62. The number of aryl methyl sites for hydroxylation is 1. The van der Waals surface area contributed by atoms with Gasteiger partial charge in [0.25, 0.3) is 11.8 Å². The van der Waals surface area contributed by atoms with E-state index in [0.29, 0.717) is 34.5 Å². The normalized spacial score (nSPS) is 15.3. The number of hydrogen-bond donors (Lipinski definition) is 1. The lowest BCUT2D eigenvalue weighted by Crippen LogP contribution is -2.54. The molecule has 0 aliphatic carbocycles. The van der Waals surface area contributed by atoms with Gasteiger partial charge in [-0.3, -0.25) is 14.9 Å². The van der Waals surface area contributed by atoms with E-state index in [1.165, 1.54) is 6.08 Å². The number of carbonyl (C=O) groups is 3. The summed E-state index contributed by atoms with van der Waals surface area (Å²) in [5.41, 5.74) is 2.85. The summed E-state index contributed by atoms with van der Waals surface area (Å²) >= 11 is 3.50. The largest absolute Gasteiger partial charge is 0.492 e. The Hall–Kier alpha value is -3.19. The Morgan fingerprint density at radius 3 is 2.45 bits per heavy atom. The number of hydrogen-bond acceptors (Lipinski definition) is 4. The molecule has 1 N–H and O–H groups in total. The van der Waals surface area contributed by atoms with Gasteiger partial charge in [0.05, 0.1) is 16.8 Å². The summed E-state index contributed by atoms with van der Waals surface area (Å²) in [6.45, 7) is 8.18. The van der Waals surface area contributed by atoms with E-state index in [1.807, 2.05) is 32.0 Å². The Morgan fingerprint density at radius 2 is 1.84 bits per heavy atom. The van der Waals surface area contributed by atoms with E-state index in [4.69, 9.17) is 4.74 Å². The molecule has 0 unspecified atom stereocenters. The molecule has 31 heavy (non-hydrogen) atoms. The van der Waals surface area contributed by atoms with E-state index >= 15 is 0 Å². The number of ether oxygens (including phenoxy) is 1. The molecule has 0 spiro atoms. The number of imide groups is 2. The van der Waals surface area contributed by atoms with Gasteiger partial charge in [0.2, 0.25) is 0 Å². The molecule has 160 valence electrons. The molecule has 0 atom stereocenters. The first kappa shape index (κ1) is 22.5. The second kappa shape index (κ2) is 9.75. The number of nitrogens with zero attached hydrogens (tertiary/aromatic N) is 1. The smallest absolute Gasteiger partial charge is 0.335 e. The van der Waals surface area contributed by atoms with Crippen molar-refractivity contribution >= 4 is 45.5 Å². The van der Waals surface area contributed by atoms with Crippen LogP contribution in [0.1, 0.15) is 30.5 Å². The molecule has 7 heteroatoms. The first-order chi connectivity index (χ1) is 14.9. The first-order valence-corrected chi connectivity index (χ1v) is 10.7. The van der Waals surface area contributed by atoms with Crippen LogP contribution in [0.4, 0.5) is 10.5 Å². The number of benzene rings is 2. The van der Waals surface area contributed by atoms with Crippen molar-refractivity contribution in [2.45, 2.75) is 26.7 Å². The second-order valence-electron chi connectivity index (χ2n) is 6.89. The van der Waals surface area contributed by atoms with E-state index in [1.54, 1.807) is 24.3 Å². The van der Waals surface area contributed by atoms with Crippen LogP contribution < -0.4 is 15.0 Å². The van der Waals surface area contributed by atoms with Gasteiger partial charge in [0.15, 0.2) is 0 Å². The minimum absolute atomic E-state index is 0.125. The molecular weight excluding hydrogens is 460 g/mol. The third-order valence-corrected chi connectivity index (χ3v) is 5.40. The van der Waals surface area contributed by atoms with E-state index in [0.717, 1.165) is 22.4 Å². The standard InChI is InChI=1S/C24H23BrN2O4/c1-4-7-17-12-16(14-20(25)21(17)31-6-3)13-19-22(28)26-24(30)27(23(19)29)18-10-8-15(5-2)9-11-18/h4,8-14H,1,5-7H2,2-3H3,(H,26,28,30)/b19-13-. The van der Waals surface area contributed by atoms with Crippen molar-refractivity contribution < 1.29 is 19.1 Å². The lowest BCUT2D eigenvalue weighted by molar-refractivity contribution is -0.122. The van der Waals surface area contributed by atoms with Gasteiger partial charge < -0.3 is 4.74 Å². The Kier molecular flexibility index (Phi) is 7.07. The van der Waals surface area contributed by atoms with Crippen molar-refractivity contribution in [1.82, 2.24) is 5.32 Å². The fourth-order valence-electron chi connectivity index (χ4n) is 3.31. The van der Waals surface area contributed by atoms with Crippen molar-refractivity contribution in [2.75, 3.05) is 11.5 Å². The summed E-state index contributed by atoms with van der Waals surface area (Å²) < 4.78 is 6.40. The van der Waals surface area contributed by atoms with Crippen LogP contribution in [0.2, 0.25) is 0 Å². The van der Waals surface area contributed by atoms with Crippen LogP contribution in [0, 0.1) is 0 Å². The zero-order chi connectivity index (χ0) is 22.5. The molecule has 2 aromatic rings. The maximum atomic E-state index is 13.1. The van der Waals surface area contributed by atoms with E-state index in [9.17, 15) is 14.4 Å². The topological polar surface area (TPSA) is 75.7 Å². The van der Waals surface area contributed by atoms with Gasteiger partial charge in [0, 0.05) is 0 Å². The summed E-state index contributed by atoms with van der Waals surface area (Å²) in [4.78, 5) is 38.9.